The summed E-state index contributed by atoms with van der Waals surface area (Å²) < 4.78 is 5.52. The summed E-state index contributed by atoms with van der Waals surface area (Å²) in [5.74, 6) is -0.100. The zero-order valence-electron chi connectivity index (χ0n) is 17.9. The maximum absolute atomic E-state index is 12.8. The lowest BCUT2D eigenvalue weighted by Gasteiger charge is -2.14. The highest BCUT2D eigenvalue weighted by molar-refractivity contribution is 6.35. The predicted octanol–water partition coefficient (Wildman–Crippen LogP) is 6.39. The van der Waals surface area contributed by atoms with Crippen molar-refractivity contribution in [3.05, 3.63) is 87.4 Å². The SMILES string of the molecule is CCc1cccc(CC)c1NC(=O)c1ccc(OCC(=O)Nc2cc(Cl)ccc2Cl)cc1. The number of ether oxygens (including phenoxy) is 1. The summed E-state index contributed by atoms with van der Waals surface area (Å²) in [6, 6.07) is 17.5. The Hall–Kier alpha value is -3.02. The third-order valence-corrected chi connectivity index (χ3v) is 5.49. The van der Waals surface area contributed by atoms with E-state index >= 15 is 0 Å². The van der Waals surface area contributed by atoms with Gasteiger partial charge in [0.2, 0.25) is 0 Å². The number of hydrogen-bond acceptors (Lipinski definition) is 3. The summed E-state index contributed by atoms with van der Waals surface area (Å²) in [7, 11) is 0. The van der Waals surface area contributed by atoms with Gasteiger partial charge in [0.05, 0.1) is 10.7 Å². The van der Waals surface area contributed by atoms with E-state index in [1.54, 1.807) is 42.5 Å². The zero-order valence-corrected chi connectivity index (χ0v) is 19.4. The molecule has 0 aliphatic carbocycles. The summed E-state index contributed by atoms with van der Waals surface area (Å²) >= 11 is 12.0. The number of halogens is 2. The van der Waals surface area contributed by atoms with Crippen LogP contribution in [0, 0.1) is 0 Å². The second-order valence-corrected chi connectivity index (χ2v) is 7.94. The number of para-hydroxylation sites is 1. The molecule has 0 saturated carbocycles. The van der Waals surface area contributed by atoms with E-state index in [2.05, 4.69) is 24.5 Å². The first-order valence-corrected chi connectivity index (χ1v) is 11.1. The van der Waals surface area contributed by atoms with Crippen LogP contribution in [0.5, 0.6) is 5.75 Å². The van der Waals surface area contributed by atoms with E-state index in [1.807, 2.05) is 18.2 Å². The normalized spacial score (nSPS) is 10.5. The molecule has 0 bridgehead atoms. The molecule has 0 aliphatic rings. The van der Waals surface area contributed by atoms with Crippen LogP contribution in [-0.2, 0) is 17.6 Å². The number of carbonyl (C=O) groups excluding carboxylic acids is 2. The van der Waals surface area contributed by atoms with Gasteiger partial charge in [-0.05, 0) is 66.4 Å². The lowest BCUT2D eigenvalue weighted by molar-refractivity contribution is -0.118. The molecule has 0 saturated heterocycles. The first-order valence-electron chi connectivity index (χ1n) is 10.3. The summed E-state index contributed by atoms with van der Waals surface area (Å²) in [5.41, 5.74) is 3.99. The van der Waals surface area contributed by atoms with Crippen molar-refractivity contribution in [3.8, 4) is 5.75 Å². The molecule has 2 N–H and O–H groups in total. The molecular formula is C25H24Cl2N2O3. The fourth-order valence-electron chi connectivity index (χ4n) is 3.22. The molecule has 0 fully saturated rings. The van der Waals surface area contributed by atoms with Gasteiger partial charge in [0.1, 0.15) is 5.75 Å². The van der Waals surface area contributed by atoms with Gasteiger partial charge in [0, 0.05) is 16.3 Å². The Balaban J connectivity index is 1.60. The minimum atomic E-state index is -0.376. The number of rotatable bonds is 8. The molecule has 0 unspecified atom stereocenters. The number of aryl methyl sites for hydroxylation is 2. The van der Waals surface area contributed by atoms with E-state index in [4.69, 9.17) is 27.9 Å². The van der Waals surface area contributed by atoms with Crippen molar-refractivity contribution in [2.75, 3.05) is 17.2 Å². The number of benzene rings is 3. The van der Waals surface area contributed by atoms with Gasteiger partial charge in [-0.3, -0.25) is 9.59 Å². The number of nitrogens with one attached hydrogen (secondary N) is 2. The minimum Gasteiger partial charge on any atom is -0.484 e. The summed E-state index contributed by atoms with van der Waals surface area (Å²) in [5, 5.41) is 6.54. The lowest BCUT2D eigenvalue weighted by Crippen LogP contribution is -2.20. The predicted molar refractivity (Wildman–Crippen MR) is 130 cm³/mol. The molecular weight excluding hydrogens is 447 g/mol. The molecule has 0 atom stereocenters. The largest absolute Gasteiger partial charge is 0.484 e. The van der Waals surface area contributed by atoms with Crippen LogP contribution in [0.1, 0.15) is 35.3 Å². The molecule has 0 aromatic heterocycles. The van der Waals surface area contributed by atoms with Gasteiger partial charge in [-0.2, -0.15) is 0 Å². The second kappa shape index (κ2) is 11.0. The maximum Gasteiger partial charge on any atom is 0.262 e. The topological polar surface area (TPSA) is 67.4 Å². The molecule has 166 valence electrons. The molecule has 2 amide bonds. The van der Waals surface area contributed by atoms with Crippen LogP contribution in [0.3, 0.4) is 0 Å². The molecule has 7 heteroatoms. The average Bonchev–Trinajstić information content (AvgIpc) is 2.80. The van der Waals surface area contributed by atoms with Crippen molar-refractivity contribution in [2.24, 2.45) is 0 Å². The van der Waals surface area contributed by atoms with Gasteiger partial charge in [0.15, 0.2) is 6.61 Å². The van der Waals surface area contributed by atoms with Gasteiger partial charge in [0.25, 0.3) is 11.8 Å². The summed E-state index contributed by atoms with van der Waals surface area (Å²) in [6.45, 7) is 3.91. The fraction of sp³-hybridized carbons (Fsp3) is 0.200. The van der Waals surface area contributed by atoms with E-state index in [9.17, 15) is 9.59 Å². The van der Waals surface area contributed by atoms with E-state index in [-0.39, 0.29) is 18.4 Å². The first-order chi connectivity index (χ1) is 15.4. The van der Waals surface area contributed by atoms with Gasteiger partial charge in [-0.25, -0.2) is 0 Å². The number of anilines is 2. The van der Waals surface area contributed by atoms with Crippen LogP contribution in [0.2, 0.25) is 10.0 Å². The quantitative estimate of drug-likeness (QED) is 0.400. The van der Waals surface area contributed by atoms with Crippen molar-refractivity contribution in [1.82, 2.24) is 0 Å². The molecule has 3 aromatic carbocycles. The Morgan fingerprint density at radius 2 is 1.53 bits per heavy atom. The highest BCUT2D eigenvalue weighted by atomic mass is 35.5. The standard InChI is InChI=1S/C25H24Cl2N2O3/c1-3-16-6-5-7-17(4-2)24(16)29-25(31)18-8-11-20(12-9-18)32-15-23(30)28-22-14-19(26)10-13-21(22)27/h5-14H,3-4,15H2,1-2H3,(H,28,30)(H,29,31). The van der Waals surface area contributed by atoms with Crippen molar-refractivity contribution in [1.29, 1.82) is 0 Å². The zero-order chi connectivity index (χ0) is 23.1. The van der Waals surface area contributed by atoms with Gasteiger partial charge in [-0.1, -0.05) is 55.2 Å². The monoisotopic (exact) mass is 470 g/mol. The van der Waals surface area contributed by atoms with Crippen molar-refractivity contribution in [3.63, 3.8) is 0 Å². The minimum absolute atomic E-state index is 0.194. The molecule has 5 nitrogen and oxygen atoms in total. The maximum atomic E-state index is 12.8. The van der Waals surface area contributed by atoms with Gasteiger partial charge in [-0.15, -0.1) is 0 Å². The van der Waals surface area contributed by atoms with Crippen LogP contribution in [0.4, 0.5) is 11.4 Å². The number of amides is 2. The van der Waals surface area contributed by atoms with Crippen LogP contribution in [0.15, 0.2) is 60.7 Å². The molecule has 3 aromatic rings. The highest BCUT2D eigenvalue weighted by Crippen LogP contribution is 2.26. The second-order valence-electron chi connectivity index (χ2n) is 7.10. The molecule has 0 aliphatic heterocycles. The molecule has 3 rings (SSSR count). The van der Waals surface area contributed by atoms with Crippen molar-refractivity contribution < 1.29 is 14.3 Å². The molecule has 0 spiro atoms. The third kappa shape index (κ3) is 6.02. The van der Waals surface area contributed by atoms with Crippen LogP contribution in [0.25, 0.3) is 0 Å². The van der Waals surface area contributed by atoms with Crippen LogP contribution < -0.4 is 15.4 Å². The third-order valence-electron chi connectivity index (χ3n) is 4.93. The smallest absolute Gasteiger partial charge is 0.262 e. The summed E-state index contributed by atoms with van der Waals surface area (Å²) in [4.78, 5) is 24.9. The van der Waals surface area contributed by atoms with E-state index in [0.717, 1.165) is 29.7 Å². The lowest BCUT2D eigenvalue weighted by atomic mass is 10.0. The van der Waals surface area contributed by atoms with Crippen LogP contribution >= 0.6 is 23.2 Å². The van der Waals surface area contributed by atoms with E-state index in [1.165, 1.54) is 0 Å². The number of hydrogen-bond donors (Lipinski definition) is 2. The van der Waals surface area contributed by atoms with E-state index in [0.29, 0.717) is 27.0 Å². The molecule has 0 heterocycles. The van der Waals surface area contributed by atoms with E-state index < -0.39 is 0 Å². The fourth-order valence-corrected chi connectivity index (χ4v) is 3.56. The van der Waals surface area contributed by atoms with Gasteiger partial charge < -0.3 is 15.4 Å². The Morgan fingerprint density at radius 3 is 2.16 bits per heavy atom. The average molecular weight is 471 g/mol. The Kier molecular flexibility index (Phi) is 8.14. The highest BCUT2D eigenvalue weighted by Gasteiger charge is 2.12. The molecule has 32 heavy (non-hydrogen) atoms. The van der Waals surface area contributed by atoms with Crippen molar-refractivity contribution >= 4 is 46.4 Å². The van der Waals surface area contributed by atoms with Gasteiger partial charge >= 0.3 is 0 Å². The first kappa shape index (κ1) is 23.6. The molecule has 0 radical (unpaired) electrons. The Bertz CT molecular complexity index is 1090. The Labute approximate surface area is 197 Å². The van der Waals surface area contributed by atoms with Crippen LogP contribution in [-0.4, -0.2) is 18.4 Å². The number of carbonyl (C=O) groups is 2. The van der Waals surface area contributed by atoms with Crippen molar-refractivity contribution in [2.45, 2.75) is 26.7 Å². The summed E-state index contributed by atoms with van der Waals surface area (Å²) in [6.07, 6.45) is 1.66. The Morgan fingerprint density at radius 1 is 0.875 bits per heavy atom.